The van der Waals surface area contributed by atoms with Gasteiger partial charge in [0.2, 0.25) is 0 Å². The molecular weight excluding hydrogens is 701 g/mol. The van der Waals surface area contributed by atoms with Crippen LogP contribution in [0.25, 0.3) is 104 Å². The van der Waals surface area contributed by atoms with E-state index in [0.29, 0.717) is 22.9 Å². The largest absolute Gasteiger partial charge is 0.309 e. The summed E-state index contributed by atoms with van der Waals surface area (Å²) >= 11 is 1.71. The third-order valence-corrected chi connectivity index (χ3v) is 11.3. The summed E-state index contributed by atoms with van der Waals surface area (Å²) in [6.45, 7) is 0. The monoisotopic (exact) mass is 740 g/mol. The Morgan fingerprint density at radius 1 is 0.411 bits per heavy atom. The van der Waals surface area contributed by atoms with Gasteiger partial charge in [-0.15, -0.1) is 11.3 Å². The van der Waals surface area contributed by atoms with Crippen LogP contribution in [0.15, 0.2) is 194 Å². The highest BCUT2D eigenvalue weighted by Crippen LogP contribution is 2.44. The van der Waals surface area contributed by atoms with Crippen molar-refractivity contribution in [3.8, 4) is 62.1 Å². The van der Waals surface area contributed by atoms with Gasteiger partial charge in [0.1, 0.15) is 0 Å². The first kappa shape index (κ1) is 25.0. The van der Waals surface area contributed by atoms with Crippen molar-refractivity contribution < 1.29 is 11.0 Å². The molecule has 0 saturated heterocycles. The van der Waals surface area contributed by atoms with Crippen molar-refractivity contribution in [2.45, 2.75) is 0 Å². The van der Waals surface area contributed by atoms with Crippen LogP contribution in [-0.4, -0.2) is 19.5 Å². The number of nitrogens with zero attached hydrogens (tertiary/aromatic N) is 4. The number of rotatable bonds is 6. The van der Waals surface area contributed by atoms with Crippen molar-refractivity contribution in [3.63, 3.8) is 0 Å². The predicted octanol–water partition coefficient (Wildman–Crippen LogP) is 13.7. The molecule has 0 spiro atoms. The van der Waals surface area contributed by atoms with Crippen LogP contribution >= 0.6 is 11.3 Å². The molecule has 3 aromatic heterocycles. The van der Waals surface area contributed by atoms with Crippen LogP contribution in [0.2, 0.25) is 0 Å². The third kappa shape index (κ3) is 5.40. The summed E-state index contributed by atoms with van der Waals surface area (Å²) in [7, 11) is 0. The van der Waals surface area contributed by atoms with Crippen LogP contribution in [0, 0.1) is 0 Å². The highest BCUT2D eigenvalue weighted by Gasteiger charge is 2.21. The zero-order valence-electron chi connectivity index (χ0n) is 37.6. The molecule has 0 atom stereocenters. The average Bonchev–Trinajstić information content (AvgIpc) is 3.91. The first-order valence-electron chi connectivity index (χ1n) is 22.1. The Kier molecular flexibility index (Phi) is 5.92. The lowest BCUT2D eigenvalue weighted by atomic mass is 9.95. The number of fused-ring (bicyclic) bond motifs is 6. The highest BCUT2D eigenvalue weighted by molar-refractivity contribution is 7.26. The zero-order chi connectivity index (χ0) is 44.0. The second-order valence-corrected chi connectivity index (χ2v) is 14.5. The number of hydrogen-bond acceptors (Lipinski definition) is 4. The summed E-state index contributed by atoms with van der Waals surface area (Å²) < 4.78 is 75.4. The SMILES string of the molecule is [2H]c1c([2H])c([2H])c2c(c1[2H])c1c([2H])c([2H])c([2H])c([2H])c1n2-c1ccc(-c2cccc3sc4ccc(-c5ccccc5)cc4c23)cc1-c1nc(-c2ccccc2)nc(-c2ccccc2)n1. The van der Waals surface area contributed by atoms with Gasteiger partial charge < -0.3 is 4.57 Å². The van der Waals surface area contributed by atoms with Gasteiger partial charge in [-0.25, -0.2) is 15.0 Å². The zero-order valence-corrected chi connectivity index (χ0v) is 30.4. The number of hydrogen-bond donors (Lipinski definition) is 0. The van der Waals surface area contributed by atoms with E-state index < -0.39 is 48.3 Å². The minimum atomic E-state index is -0.511. The van der Waals surface area contributed by atoms with Crippen molar-refractivity contribution in [2.24, 2.45) is 0 Å². The molecule has 0 aliphatic carbocycles. The standard InChI is InChI=1S/C51H32N4S/c1-4-15-33(16-5-1)36-28-30-46-42(31-36)48-38(23-14-26-47(48)56-46)37-27-29-45(55-43-24-12-10-21-39(43)40-22-11-13-25-44(40)55)41(32-37)51-53-49(34-17-6-2-7-18-34)52-50(54-51)35-19-8-3-9-20-35/h1-32H/i10D,11D,12D,13D,21D,22D,24D,25D. The van der Waals surface area contributed by atoms with Gasteiger partial charge >= 0.3 is 0 Å². The molecule has 11 aromatic rings. The molecule has 0 aliphatic heterocycles. The molecule has 0 N–H and O–H groups in total. The average molecular weight is 741 g/mol. The van der Waals surface area contributed by atoms with Crippen molar-refractivity contribution in [1.82, 2.24) is 19.5 Å². The van der Waals surface area contributed by atoms with Gasteiger partial charge in [-0.2, -0.15) is 0 Å². The molecule has 262 valence electrons. The Hall–Kier alpha value is -7.21. The highest BCUT2D eigenvalue weighted by atomic mass is 32.1. The molecule has 11 rings (SSSR count). The second-order valence-electron chi connectivity index (χ2n) is 13.4. The molecule has 0 aliphatic rings. The maximum absolute atomic E-state index is 9.30. The molecule has 56 heavy (non-hydrogen) atoms. The molecular formula is C51H32N4S. The first-order valence-corrected chi connectivity index (χ1v) is 18.9. The number of thiophene rings is 1. The van der Waals surface area contributed by atoms with E-state index in [1.54, 1.807) is 11.3 Å². The van der Waals surface area contributed by atoms with Gasteiger partial charge in [-0.1, -0.05) is 152 Å². The molecule has 0 saturated carbocycles. The Morgan fingerprint density at radius 3 is 1.62 bits per heavy atom. The van der Waals surface area contributed by atoms with E-state index in [1.165, 1.54) is 4.57 Å². The molecule has 0 fully saturated rings. The normalized spacial score (nSPS) is 13.6. The van der Waals surface area contributed by atoms with Crippen molar-refractivity contribution in [3.05, 3.63) is 194 Å². The summed E-state index contributed by atoms with van der Waals surface area (Å²) in [6, 6.07) is 44.2. The third-order valence-electron chi connectivity index (χ3n) is 10.1. The predicted molar refractivity (Wildman–Crippen MR) is 234 cm³/mol. The van der Waals surface area contributed by atoms with E-state index in [0.717, 1.165) is 53.6 Å². The topological polar surface area (TPSA) is 43.6 Å². The fourth-order valence-electron chi connectivity index (χ4n) is 7.55. The van der Waals surface area contributed by atoms with Gasteiger partial charge in [-0.3, -0.25) is 0 Å². The second kappa shape index (κ2) is 13.3. The fourth-order valence-corrected chi connectivity index (χ4v) is 8.66. The molecule has 5 heteroatoms. The summed E-state index contributed by atoms with van der Waals surface area (Å²) in [6.07, 6.45) is 0. The Balaban J connectivity index is 1.28. The maximum atomic E-state index is 9.30. The summed E-state index contributed by atoms with van der Waals surface area (Å²) in [4.78, 5) is 15.2. The lowest BCUT2D eigenvalue weighted by molar-refractivity contribution is 1.06. The van der Waals surface area contributed by atoms with E-state index in [4.69, 9.17) is 23.2 Å². The van der Waals surface area contributed by atoms with E-state index in [2.05, 4.69) is 42.5 Å². The minimum absolute atomic E-state index is 0.00185. The summed E-state index contributed by atoms with van der Waals surface area (Å²) in [5.41, 5.74) is 6.21. The van der Waals surface area contributed by atoms with Crippen LogP contribution in [0.5, 0.6) is 0 Å². The van der Waals surface area contributed by atoms with Crippen molar-refractivity contribution >= 4 is 53.3 Å². The van der Waals surface area contributed by atoms with E-state index >= 15 is 0 Å². The summed E-state index contributed by atoms with van der Waals surface area (Å²) in [5, 5.41) is 2.12. The lowest BCUT2D eigenvalue weighted by Crippen LogP contribution is -2.04. The Bertz CT molecular complexity index is 3570. The smallest absolute Gasteiger partial charge is 0.166 e. The number of aromatic nitrogens is 4. The van der Waals surface area contributed by atoms with Crippen LogP contribution in [-0.2, 0) is 0 Å². The maximum Gasteiger partial charge on any atom is 0.166 e. The van der Waals surface area contributed by atoms with Crippen molar-refractivity contribution in [1.29, 1.82) is 0 Å². The van der Waals surface area contributed by atoms with Crippen molar-refractivity contribution in [2.75, 3.05) is 0 Å². The molecule has 0 bridgehead atoms. The molecule has 3 heterocycles. The summed E-state index contributed by atoms with van der Waals surface area (Å²) in [5.74, 6) is 1.03. The van der Waals surface area contributed by atoms with Crippen LogP contribution in [0.1, 0.15) is 11.0 Å². The lowest BCUT2D eigenvalue weighted by Gasteiger charge is -2.17. The van der Waals surface area contributed by atoms with Crippen LogP contribution in [0.4, 0.5) is 0 Å². The number of benzene rings is 8. The molecule has 0 unspecified atom stereocenters. The Morgan fingerprint density at radius 2 is 0.982 bits per heavy atom. The first-order chi connectivity index (χ1) is 31.1. The molecule has 0 amide bonds. The van der Waals surface area contributed by atoms with Gasteiger partial charge in [0.15, 0.2) is 17.5 Å². The molecule has 0 radical (unpaired) electrons. The van der Waals surface area contributed by atoms with Gasteiger partial charge in [0.25, 0.3) is 0 Å². The van der Waals surface area contributed by atoms with Gasteiger partial charge in [0, 0.05) is 47.6 Å². The van der Waals surface area contributed by atoms with Gasteiger partial charge in [-0.05, 0) is 64.7 Å². The van der Waals surface area contributed by atoms with E-state index in [-0.39, 0.29) is 27.6 Å². The Labute approximate surface area is 338 Å². The van der Waals surface area contributed by atoms with Gasteiger partial charge in [0.05, 0.1) is 27.7 Å². The van der Waals surface area contributed by atoms with Crippen LogP contribution in [0.3, 0.4) is 0 Å². The molecule has 8 aromatic carbocycles. The van der Waals surface area contributed by atoms with E-state index in [1.807, 2.05) is 103 Å². The van der Waals surface area contributed by atoms with Crippen LogP contribution < -0.4 is 0 Å². The molecule has 4 nitrogen and oxygen atoms in total. The van der Waals surface area contributed by atoms with E-state index in [9.17, 15) is 2.74 Å². The fraction of sp³-hybridized carbons (Fsp3) is 0. The minimum Gasteiger partial charge on any atom is -0.309 e. The quantitative estimate of drug-likeness (QED) is 0.170. The number of para-hydroxylation sites is 2.